The summed E-state index contributed by atoms with van der Waals surface area (Å²) >= 11 is 1.10. The normalized spacial score (nSPS) is 11.5. The van der Waals surface area contributed by atoms with Crippen molar-refractivity contribution in [2.45, 2.75) is 25.2 Å². The van der Waals surface area contributed by atoms with Gasteiger partial charge in [-0.3, -0.25) is 9.36 Å². The number of halogens is 3. The first-order valence-corrected chi connectivity index (χ1v) is 10.3. The SMILES string of the molecule is Cc1ccc(-n2cnnc2SCC(=O)Nc2ccc(N(C)C)cc2C(F)(F)F)cc1C. The van der Waals surface area contributed by atoms with Crippen LogP contribution in [0.25, 0.3) is 5.69 Å². The van der Waals surface area contributed by atoms with Gasteiger partial charge < -0.3 is 10.2 Å². The standard InChI is InChI=1S/C21H22F3N5OS/c1-13-5-6-16(9-14(13)2)29-12-25-27-20(29)31-11-19(30)26-18-8-7-15(28(3)4)10-17(18)21(22,23)24/h5-10,12H,11H2,1-4H3,(H,26,30). The highest BCUT2D eigenvalue weighted by atomic mass is 32.2. The number of carbonyl (C=O) groups is 1. The Labute approximate surface area is 182 Å². The van der Waals surface area contributed by atoms with Crippen molar-refractivity contribution in [2.75, 3.05) is 30.1 Å². The lowest BCUT2D eigenvalue weighted by atomic mass is 10.1. The van der Waals surface area contributed by atoms with Crippen LogP contribution in [0.1, 0.15) is 16.7 Å². The van der Waals surface area contributed by atoms with E-state index in [0.29, 0.717) is 10.8 Å². The largest absolute Gasteiger partial charge is 0.418 e. The lowest BCUT2D eigenvalue weighted by Gasteiger charge is -2.18. The van der Waals surface area contributed by atoms with Crippen molar-refractivity contribution in [1.29, 1.82) is 0 Å². The van der Waals surface area contributed by atoms with Crippen molar-refractivity contribution in [1.82, 2.24) is 14.8 Å². The molecule has 164 valence electrons. The number of amides is 1. The molecule has 0 fully saturated rings. The third kappa shape index (κ3) is 5.38. The zero-order chi connectivity index (χ0) is 22.8. The van der Waals surface area contributed by atoms with E-state index in [1.54, 1.807) is 23.6 Å². The summed E-state index contributed by atoms with van der Waals surface area (Å²) in [5.41, 5.74) is 2.30. The summed E-state index contributed by atoms with van der Waals surface area (Å²) in [6, 6.07) is 9.66. The Morgan fingerprint density at radius 3 is 2.52 bits per heavy atom. The van der Waals surface area contributed by atoms with Crippen LogP contribution in [0.4, 0.5) is 24.5 Å². The minimum absolute atomic E-state index is 0.115. The van der Waals surface area contributed by atoms with E-state index in [1.165, 1.54) is 18.5 Å². The molecule has 1 amide bonds. The lowest BCUT2D eigenvalue weighted by Crippen LogP contribution is -2.19. The van der Waals surface area contributed by atoms with Gasteiger partial charge in [0.2, 0.25) is 5.91 Å². The monoisotopic (exact) mass is 449 g/mol. The quantitative estimate of drug-likeness (QED) is 0.553. The van der Waals surface area contributed by atoms with E-state index in [4.69, 9.17) is 0 Å². The molecule has 3 aromatic rings. The number of hydrogen-bond donors (Lipinski definition) is 1. The van der Waals surface area contributed by atoms with Crippen molar-refractivity contribution in [2.24, 2.45) is 0 Å². The third-order valence-electron chi connectivity index (χ3n) is 4.72. The number of aromatic nitrogens is 3. The number of hydrogen-bond acceptors (Lipinski definition) is 5. The number of thioether (sulfide) groups is 1. The Bertz CT molecular complexity index is 1090. The van der Waals surface area contributed by atoms with Crippen LogP contribution in [0.5, 0.6) is 0 Å². The average molecular weight is 450 g/mol. The molecule has 0 atom stereocenters. The zero-order valence-corrected chi connectivity index (χ0v) is 18.3. The maximum Gasteiger partial charge on any atom is 0.418 e. The zero-order valence-electron chi connectivity index (χ0n) is 17.5. The summed E-state index contributed by atoms with van der Waals surface area (Å²) in [6.07, 6.45) is -3.06. The van der Waals surface area contributed by atoms with Crippen LogP contribution < -0.4 is 10.2 Å². The Hall–Kier alpha value is -3.01. The van der Waals surface area contributed by atoms with Gasteiger partial charge in [-0.2, -0.15) is 13.2 Å². The molecular formula is C21H22F3N5OS. The molecule has 1 aromatic heterocycles. The van der Waals surface area contributed by atoms with Crippen molar-refractivity contribution in [3.05, 3.63) is 59.4 Å². The van der Waals surface area contributed by atoms with Crippen molar-refractivity contribution in [3.63, 3.8) is 0 Å². The fourth-order valence-corrected chi connectivity index (χ4v) is 3.57. The molecular weight excluding hydrogens is 427 g/mol. The summed E-state index contributed by atoms with van der Waals surface area (Å²) in [7, 11) is 3.30. The van der Waals surface area contributed by atoms with E-state index >= 15 is 0 Å². The van der Waals surface area contributed by atoms with Gasteiger partial charge in [-0.1, -0.05) is 17.8 Å². The molecule has 0 aliphatic heterocycles. The molecule has 0 saturated carbocycles. The van der Waals surface area contributed by atoms with Crippen LogP contribution in [0, 0.1) is 13.8 Å². The number of alkyl halides is 3. The van der Waals surface area contributed by atoms with Gasteiger partial charge >= 0.3 is 6.18 Å². The second-order valence-corrected chi connectivity index (χ2v) is 8.15. The molecule has 2 aromatic carbocycles. The summed E-state index contributed by atoms with van der Waals surface area (Å²) in [6.45, 7) is 3.99. The van der Waals surface area contributed by atoms with E-state index in [2.05, 4.69) is 15.5 Å². The van der Waals surface area contributed by atoms with Crippen molar-refractivity contribution in [3.8, 4) is 5.69 Å². The van der Waals surface area contributed by atoms with Crippen molar-refractivity contribution >= 4 is 29.0 Å². The molecule has 0 saturated heterocycles. The first-order valence-electron chi connectivity index (χ1n) is 9.35. The average Bonchev–Trinajstić information content (AvgIpc) is 3.16. The topological polar surface area (TPSA) is 63.1 Å². The van der Waals surface area contributed by atoms with Gasteiger partial charge in [-0.05, 0) is 55.3 Å². The minimum Gasteiger partial charge on any atom is -0.378 e. The summed E-state index contributed by atoms with van der Waals surface area (Å²) in [5.74, 6) is -0.682. The fraction of sp³-hybridized carbons (Fsp3) is 0.286. The molecule has 3 rings (SSSR count). The number of benzene rings is 2. The first-order chi connectivity index (χ1) is 14.6. The van der Waals surface area contributed by atoms with E-state index in [0.717, 1.165) is 34.6 Å². The molecule has 0 bridgehead atoms. The van der Waals surface area contributed by atoms with Gasteiger partial charge in [0.15, 0.2) is 5.16 Å². The Morgan fingerprint density at radius 1 is 1.13 bits per heavy atom. The van der Waals surface area contributed by atoms with Crippen LogP contribution in [0.15, 0.2) is 47.9 Å². The highest BCUT2D eigenvalue weighted by molar-refractivity contribution is 7.99. The Balaban J connectivity index is 1.73. The molecule has 31 heavy (non-hydrogen) atoms. The molecule has 10 heteroatoms. The maximum absolute atomic E-state index is 13.5. The second kappa shape index (κ2) is 9.01. The molecule has 0 aliphatic rings. The van der Waals surface area contributed by atoms with Crippen LogP contribution >= 0.6 is 11.8 Å². The summed E-state index contributed by atoms with van der Waals surface area (Å²) in [5, 5.41) is 10.7. The van der Waals surface area contributed by atoms with Crippen LogP contribution in [-0.4, -0.2) is 40.5 Å². The lowest BCUT2D eigenvalue weighted by molar-refractivity contribution is -0.136. The predicted molar refractivity (Wildman–Crippen MR) is 116 cm³/mol. The van der Waals surface area contributed by atoms with E-state index in [9.17, 15) is 18.0 Å². The molecule has 0 radical (unpaired) electrons. The Morgan fingerprint density at radius 2 is 1.87 bits per heavy atom. The first kappa shape index (κ1) is 22.7. The smallest absolute Gasteiger partial charge is 0.378 e. The van der Waals surface area contributed by atoms with Crippen LogP contribution in [-0.2, 0) is 11.0 Å². The highest BCUT2D eigenvalue weighted by Crippen LogP contribution is 2.37. The summed E-state index contributed by atoms with van der Waals surface area (Å²) in [4.78, 5) is 14.0. The number of anilines is 2. The van der Waals surface area contributed by atoms with E-state index in [-0.39, 0.29) is 11.4 Å². The maximum atomic E-state index is 13.5. The summed E-state index contributed by atoms with van der Waals surface area (Å²) < 4.78 is 42.1. The van der Waals surface area contributed by atoms with Gasteiger partial charge in [-0.15, -0.1) is 10.2 Å². The molecule has 0 spiro atoms. The molecule has 0 unspecified atom stereocenters. The second-order valence-electron chi connectivity index (χ2n) is 7.21. The number of rotatable bonds is 6. The van der Waals surface area contributed by atoms with Crippen LogP contribution in [0.2, 0.25) is 0 Å². The number of carbonyl (C=O) groups excluding carboxylic acids is 1. The van der Waals surface area contributed by atoms with E-state index < -0.39 is 17.6 Å². The predicted octanol–water partition coefficient (Wildman–Crippen LogP) is 4.70. The minimum atomic E-state index is -4.59. The van der Waals surface area contributed by atoms with E-state index in [1.807, 2.05) is 32.0 Å². The van der Waals surface area contributed by atoms with Crippen LogP contribution in [0.3, 0.4) is 0 Å². The highest BCUT2D eigenvalue weighted by Gasteiger charge is 2.34. The van der Waals surface area contributed by atoms with Gasteiger partial charge in [0.1, 0.15) is 6.33 Å². The molecule has 1 N–H and O–H groups in total. The Kier molecular flexibility index (Phi) is 6.59. The van der Waals surface area contributed by atoms with Gasteiger partial charge in [0, 0.05) is 25.5 Å². The number of aryl methyl sites for hydroxylation is 2. The van der Waals surface area contributed by atoms with Gasteiger partial charge in [0.25, 0.3) is 0 Å². The molecule has 6 nitrogen and oxygen atoms in total. The van der Waals surface area contributed by atoms with Gasteiger partial charge in [0.05, 0.1) is 17.0 Å². The number of nitrogens with zero attached hydrogens (tertiary/aromatic N) is 4. The number of nitrogens with one attached hydrogen (secondary N) is 1. The van der Waals surface area contributed by atoms with Crippen molar-refractivity contribution < 1.29 is 18.0 Å². The van der Waals surface area contributed by atoms with Gasteiger partial charge in [-0.25, -0.2) is 0 Å². The molecule has 0 aliphatic carbocycles. The fourth-order valence-electron chi connectivity index (χ4n) is 2.85. The molecule has 1 heterocycles. The third-order valence-corrected chi connectivity index (χ3v) is 5.66.